The summed E-state index contributed by atoms with van der Waals surface area (Å²) >= 11 is 0. The highest BCUT2D eigenvalue weighted by molar-refractivity contribution is 5.95. The predicted molar refractivity (Wildman–Crippen MR) is 74.5 cm³/mol. The van der Waals surface area contributed by atoms with Gasteiger partial charge in [-0.25, -0.2) is 0 Å². The fourth-order valence-electron chi connectivity index (χ4n) is 2.52. The minimum absolute atomic E-state index is 0.407. The summed E-state index contributed by atoms with van der Waals surface area (Å²) in [6.45, 7) is 6.49. The monoisotopic (exact) mass is 247 g/mol. The largest absolute Gasteiger partial charge is 0.397 e. The quantitative estimate of drug-likeness (QED) is 0.801. The van der Waals surface area contributed by atoms with Crippen molar-refractivity contribution in [2.24, 2.45) is 17.6 Å². The van der Waals surface area contributed by atoms with Crippen molar-refractivity contribution in [2.45, 2.75) is 20.3 Å². The standard InChI is InChI=1S/C14H21N3O/c1-9(2)11-5-6-17(8-11)13-7-10(14(16)18)3-4-12(13)15/h3-4,7,9,11H,5-6,8,15H2,1-2H3,(H2,16,18). The van der Waals surface area contributed by atoms with Gasteiger partial charge in [-0.15, -0.1) is 0 Å². The lowest BCUT2D eigenvalue weighted by molar-refractivity contribution is 0.100. The fraction of sp³-hybridized carbons (Fsp3) is 0.500. The van der Waals surface area contributed by atoms with Crippen molar-refractivity contribution in [3.05, 3.63) is 23.8 Å². The van der Waals surface area contributed by atoms with Crippen molar-refractivity contribution < 1.29 is 4.79 Å². The lowest BCUT2D eigenvalue weighted by atomic mass is 9.95. The van der Waals surface area contributed by atoms with Gasteiger partial charge in [-0.1, -0.05) is 13.8 Å². The first-order valence-corrected chi connectivity index (χ1v) is 6.43. The third-order valence-corrected chi connectivity index (χ3v) is 3.82. The van der Waals surface area contributed by atoms with E-state index < -0.39 is 5.91 Å². The summed E-state index contributed by atoms with van der Waals surface area (Å²) in [4.78, 5) is 13.5. The predicted octanol–water partition coefficient (Wildman–Crippen LogP) is 1.85. The van der Waals surface area contributed by atoms with Crippen molar-refractivity contribution in [2.75, 3.05) is 23.7 Å². The molecule has 0 spiro atoms. The third kappa shape index (κ3) is 2.42. The second kappa shape index (κ2) is 4.88. The Morgan fingerprint density at radius 1 is 1.44 bits per heavy atom. The average molecular weight is 247 g/mol. The summed E-state index contributed by atoms with van der Waals surface area (Å²) in [7, 11) is 0. The highest BCUT2D eigenvalue weighted by Crippen LogP contribution is 2.32. The number of nitrogens with zero attached hydrogens (tertiary/aromatic N) is 1. The summed E-state index contributed by atoms with van der Waals surface area (Å²) in [5, 5.41) is 0. The van der Waals surface area contributed by atoms with Gasteiger partial charge in [-0.2, -0.15) is 0 Å². The van der Waals surface area contributed by atoms with E-state index in [2.05, 4.69) is 18.7 Å². The maximum atomic E-state index is 11.2. The Balaban J connectivity index is 2.23. The van der Waals surface area contributed by atoms with Crippen molar-refractivity contribution in [1.82, 2.24) is 0 Å². The molecular weight excluding hydrogens is 226 g/mol. The molecule has 0 bridgehead atoms. The van der Waals surface area contributed by atoms with E-state index in [0.717, 1.165) is 18.8 Å². The van der Waals surface area contributed by atoms with Crippen LogP contribution in [0.3, 0.4) is 0 Å². The zero-order valence-corrected chi connectivity index (χ0v) is 11.0. The van der Waals surface area contributed by atoms with Crippen molar-refractivity contribution >= 4 is 17.3 Å². The third-order valence-electron chi connectivity index (χ3n) is 3.82. The van der Waals surface area contributed by atoms with E-state index in [9.17, 15) is 4.79 Å². The minimum atomic E-state index is -0.407. The molecule has 1 saturated heterocycles. The number of hydrogen-bond donors (Lipinski definition) is 2. The molecule has 0 saturated carbocycles. The molecule has 0 aromatic heterocycles. The molecule has 0 radical (unpaired) electrons. The van der Waals surface area contributed by atoms with Crippen LogP contribution in [-0.4, -0.2) is 19.0 Å². The van der Waals surface area contributed by atoms with Crippen LogP contribution in [0, 0.1) is 11.8 Å². The maximum Gasteiger partial charge on any atom is 0.248 e. The minimum Gasteiger partial charge on any atom is -0.397 e. The Bertz CT molecular complexity index is 456. The number of rotatable bonds is 3. The number of primary amides is 1. The number of nitrogens with two attached hydrogens (primary N) is 2. The van der Waals surface area contributed by atoms with E-state index in [-0.39, 0.29) is 0 Å². The highest BCUT2D eigenvalue weighted by atomic mass is 16.1. The topological polar surface area (TPSA) is 72.3 Å². The molecule has 1 fully saturated rings. The number of carbonyl (C=O) groups is 1. The normalized spacial score (nSPS) is 19.5. The first-order chi connectivity index (χ1) is 8.49. The maximum absolute atomic E-state index is 11.2. The Labute approximate surface area is 108 Å². The number of hydrogen-bond acceptors (Lipinski definition) is 3. The molecule has 1 aliphatic rings. The van der Waals surface area contributed by atoms with Crippen LogP contribution in [0.2, 0.25) is 0 Å². The second-order valence-electron chi connectivity index (χ2n) is 5.38. The molecule has 1 aromatic rings. The van der Waals surface area contributed by atoms with Gasteiger partial charge in [-0.3, -0.25) is 4.79 Å². The smallest absolute Gasteiger partial charge is 0.248 e. The Hall–Kier alpha value is -1.71. The van der Waals surface area contributed by atoms with Gasteiger partial charge >= 0.3 is 0 Å². The fourth-order valence-corrected chi connectivity index (χ4v) is 2.52. The summed E-state index contributed by atoms with van der Waals surface area (Å²) in [5.74, 6) is 0.966. The van der Waals surface area contributed by atoms with Crippen LogP contribution in [0.15, 0.2) is 18.2 Å². The van der Waals surface area contributed by atoms with Crippen LogP contribution in [0.4, 0.5) is 11.4 Å². The SMILES string of the molecule is CC(C)C1CCN(c2cc(C(N)=O)ccc2N)C1. The van der Waals surface area contributed by atoms with E-state index >= 15 is 0 Å². The number of carbonyl (C=O) groups excluding carboxylic acids is 1. The van der Waals surface area contributed by atoms with Crippen molar-refractivity contribution in [1.29, 1.82) is 0 Å². The van der Waals surface area contributed by atoms with Gasteiger partial charge in [-0.05, 0) is 36.5 Å². The molecule has 4 heteroatoms. The van der Waals surface area contributed by atoms with Crippen LogP contribution >= 0.6 is 0 Å². The summed E-state index contributed by atoms with van der Waals surface area (Å²) in [6, 6.07) is 5.25. The van der Waals surface area contributed by atoms with Gasteiger partial charge in [0.1, 0.15) is 0 Å². The van der Waals surface area contributed by atoms with Gasteiger partial charge in [0.05, 0.1) is 11.4 Å². The van der Waals surface area contributed by atoms with E-state index in [0.29, 0.717) is 23.1 Å². The van der Waals surface area contributed by atoms with Crippen LogP contribution in [-0.2, 0) is 0 Å². The van der Waals surface area contributed by atoms with Crippen LogP contribution in [0.1, 0.15) is 30.6 Å². The van der Waals surface area contributed by atoms with Crippen LogP contribution in [0.5, 0.6) is 0 Å². The first kappa shape index (κ1) is 12.7. The Kier molecular flexibility index (Phi) is 3.45. The summed E-state index contributed by atoms with van der Waals surface area (Å²) in [5.41, 5.74) is 13.5. The molecule has 1 aromatic carbocycles. The molecule has 1 amide bonds. The molecule has 1 atom stereocenters. The van der Waals surface area contributed by atoms with Gasteiger partial charge in [0.2, 0.25) is 5.91 Å². The molecule has 2 rings (SSSR count). The van der Waals surface area contributed by atoms with Gasteiger partial charge in [0.15, 0.2) is 0 Å². The van der Waals surface area contributed by atoms with Crippen LogP contribution < -0.4 is 16.4 Å². The highest BCUT2D eigenvalue weighted by Gasteiger charge is 2.26. The molecule has 1 aliphatic heterocycles. The molecule has 4 nitrogen and oxygen atoms in total. The molecule has 98 valence electrons. The van der Waals surface area contributed by atoms with Crippen molar-refractivity contribution in [3.8, 4) is 0 Å². The van der Waals surface area contributed by atoms with E-state index in [1.54, 1.807) is 18.2 Å². The Morgan fingerprint density at radius 2 is 2.17 bits per heavy atom. The second-order valence-corrected chi connectivity index (χ2v) is 5.38. The molecule has 4 N–H and O–H groups in total. The van der Waals surface area contributed by atoms with Crippen LogP contribution in [0.25, 0.3) is 0 Å². The molecule has 18 heavy (non-hydrogen) atoms. The summed E-state index contributed by atoms with van der Waals surface area (Å²) < 4.78 is 0. The number of anilines is 2. The van der Waals surface area contributed by atoms with Gasteiger partial charge in [0, 0.05) is 18.7 Å². The van der Waals surface area contributed by atoms with Gasteiger partial charge < -0.3 is 16.4 Å². The molecule has 0 aliphatic carbocycles. The number of benzene rings is 1. The summed E-state index contributed by atoms with van der Waals surface area (Å²) in [6.07, 6.45) is 1.18. The Morgan fingerprint density at radius 3 is 2.72 bits per heavy atom. The number of nitrogen functional groups attached to an aromatic ring is 1. The van der Waals surface area contributed by atoms with Gasteiger partial charge in [0.25, 0.3) is 0 Å². The zero-order chi connectivity index (χ0) is 13.3. The van der Waals surface area contributed by atoms with E-state index in [1.807, 2.05) is 0 Å². The molecule has 1 unspecified atom stereocenters. The van der Waals surface area contributed by atoms with E-state index in [4.69, 9.17) is 11.5 Å². The number of amides is 1. The average Bonchev–Trinajstić information content (AvgIpc) is 2.78. The van der Waals surface area contributed by atoms with E-state index in [1.165, 1.54) is 6.42 Å². The lowest BCUT2D eigenvalue weighted by Gasteiger charge is -2.22. The van der Waals surface area contributed by atoms with Crippen molar-refractivity contribution in [3.63, 3.8) is 0 Å². The molecular formula is C14H21N3O. The lowest BCUT2D eigenvalue weighted by Crippen LogP contribution is -2.23. The zero-order valence-electron chi connectivity index (χ0n) is 11.0. The first-order valence-electron chi connectivity index (χ1n) is 6.43. The molecule has 1 heterocycles.